The molecule has 0 radical (unpaired) electrons. The van der Waals surface area contributed by atoms with Gasteiger partial charge in [-0.2, -0.15) is 13.2 Å². The molecule has 7 nitrogen and oxygen atoms in total. The fourth-order valence-electron chi connectivity index (χ4n) is 3.25. The van der Waals surface area contributed by atoms with E-state index in [1.807, 2.05) is 6.92 Å². The van der Waals surface area contributed by atoms with Crippen molar-refractivity contribution in [3.63, 3.8) is 0 Å². The maximum atomic E-state index is 13.1. The van der Waals surface area contributed by atoms with E-state index in [4.69, 9.17) is 9.47 Å². The lowest BCUT2D eigenvalue weighted by molar-refractivity contribution is -0.139. The van der Waals surface area contributed by atoms with Crippen LogP contribution in [0.4, 0.5) is 18.0 Å². The molecule has 2 amide bonds. The SMILES string of the molecule is C[C@@H]1CN(C(=O)OC(C)(C)C)CC[C@H]1NC(=O)C(C)(C)COc1ncccc1C(F)(F)F. The predicted molar refractivity (Wildman–Crippen MR) is 112 cm³/mol. The maximum Gasteiger partial charge on any atom is 0.421 e. The number of ether oxygens (including phenoxy) is 2. The van der Waals surface area contributed by atoms with Crippen molar-refractivity contribution in [2.75, 3.05) is 19.7 Å². The van der Waals surface area contributed by atoms with Crippen LogP contribution in [-0.4, -0.2) is 53.2 Å². The molecule has 1 aromatic rings. The Morgan fingerprint density at radius 3 is 2.44 bits per heavy atom. The smallest absolute Gasteiger partial charge is 0.421 e. The van der Waals surface area contributed by atoms with Gasteiger partial charge in [0.1, 0.15) is 17.8 Å². The summed E-state index contributed by atoms with van der Waals surface area (Å²) in [6.45, 7) is 11.1. The monoisotopic (exact) mass is 459 g/mol. The molecule has 1 aliphatic rings. The average molecular weight is 460 g/mol. The number of carbonyl (C=O) groups is 2. The molecule has 2 rings (SSSR count). The molecule has 1 aliphatic heterocycles. The highest BCUT2D eigenvalue weighted by molar-refractivity contribution is 5.82. The van der Waals surface area contributed by atoms with Gasteiger partial charge in [0.15, 0.2) is 0 Å². The molecule has 180 valence electrons. The topological polar surface area (TPSA) is 80.8 Å². The quantitative estimate of drug-likeness (QED) is 0.711. The van der Waals surface area contributed by atoms with Crippen LogP contribution in [0.3, 0.4) is 0 Å². The molecule has 1 fully saturated rings. The molecular weight excluding hydrogens is 427 g/mol. The van der Waals surface area contributed by atoms with Gasteiger partial charge in [-0.15, -0.1) is 0 Å². The number of amides is 2. The number of hydrogen-bond donors (Lipinski definition) is 1. The summed E-state index contributed by atoms with van der Waals surface area (Å²) in [4.78, 5) is 30.4. The third-order valence-electron chi connectivity index (χ3n) is 5.13. The molecule has 10 heteroatoms. The van der Waals surface area contributed by atoms with Crippen molar-refractivity contribution >= 4 is 12.0 Å². The Balaban J connectivity index is 1.94. The van der Waals surface area contributed by atoms with Gasteiger partial charge in [-0.3, -0.25) is 4.79 Å². The molecule has 32 heavy (non-hydrogen) atoms. The fraction of sp³-hybridized carbons (Fsp3) is 0.682. The Labute approximate surface area is 186 Å². The second kappa shape index (κ2) is 9.54. The molecule has 1 saturated heterocycles. The number of pyridine rings is 1. The molecule has 1 aromatic heterocycles. The number of nitrogens with one attached hydrogen (secondary N) is 1. The predicted octanol–water partition coefficient (Wildman–Crippen LogP) is 4.27. The fourth-order valence-corrected chi connectivity index (χ4v) is 3.25. The zero-order chi connectivity index (χ0) is 24.3. The van der Waals surface area contributed by atoms with Crippen molar-refractivity contribution in [1.82, 2.24) is 15.2 Å². The number of nitrogens with zero attached hydrogens (tertiary/aromatic N) is 2. The van der Waals surface area contributed by atoms with Crippen LogP contribution in [0.5, 0.6) is 5.88 Å². The van der Waals surface area contributed by atoms with E-state index in [0.29, 0.717) is 19.5 Å². The minimum atomic E-state index is -4.60. The summed E-state index contributed by atoms with van der Waals surface area (Å²) < 4.78 is 50.1. The number of rotatable bonds is 5. The van der Waals surface area contributed by atoms with Crippen LogP contribution >= 0.6 is 0 Å². The summed E-state index contributed by atoms with van der Waals surface area (Å²) in [6, 6.07) is 1.88. The first-order chi connectivity index (χ1) is 14.6. The van der Waals surface area contributed by atoms with Crippen molar-refractivity contribution < 1.29 is 32.2 Å². The molecule has 2 heterocycles. The lowest BCUT2D eigenvalue weighted by atomic mass is 9.89. The van der Waals surface area contributed by atoms with E-state index in [1.165, 1.54) is 12.3 Å². The van der Waals surface area contributed by atoms with Crippen LogP contribution in [-0.2, 0) is 15.7 Å². The second-order valence-electron chi connectivity index (χ2n) is 9.80. The van der Waals surface area contributed by atoms with Crippen LogP contribution < -0.4 is 10.1 Å². The van der Waals surface area contributed by atoms with Gasteiger partial charge in [-0.25, -0.2) is 9.78 Å². The van der Waals surface area contributed by atoms with Crippen LogP contribution in [0.15, 0.2) is 18.3 Å². The Morgan fingerprint density at radius 1 is 1.22 bits per heavy atom. The zero-order valence-electron chi connectivity index (χ0n) is 19.4. The van der Waals surface area contributed by atoms with Crippen LogP contribution in [0.1, 0.15) is 53.5 Å². The first kappa shape index (κ1) is 25.7. The Kier molecular flexibility index (Phi) is 7.67. The molecule has 2 atom stereocenters. The summed E-state index contributed by atoms with van der Waals surface area (Å²) >= 11 is 0. The number of carbonyl (C=O) groups excluding carboxylic acids is 2. The van der Waals surface area contributed by atoms with E-state index in [2.05, 4.69) is 10.3 Å². The molecule has 0 aliphatic carbocycles. The Morgan fingerprint density at radius 2 is 1.88 bits per heavy atom. The van der Waals surface area contributed by atoms with Gasteiger partial charge in [-0.1, -0.05) is 6.92 Å². The molecule has 0 spiro atoms. The van der Waals surface area contributed by atoms with Gasteiger partial charge in [0.05, 0.1) is 5.41 Å². The van der Waals surface area contributed by atoms with E-state index in [1.54, 1.807) is 39.5 Å². The van der Waals surface area contributed by atoms with E-state index in [9.17, 15) is 22.8 Å². The molecule has 0 bridgehead atoms. The van der Waals surface area contributed by atoms with E-state index < -0.39 is 34.7 Å². The summed E-state index contributed by atoms with van der Waals surface area (Å²) in [5.74, 6) is -0.922. The first-order valence-corrected chi connectivity index (χ1v) is 10.5. The van der Waals surface area contributed by atoms with Crippen LogP contribution in [0, 0.1) is 11.3 Å². The largest absolute Gasteiger partial charge is 0.476 e. The van der Waals surface area contributed by atoms with E-state index in [-0.39, 0.29) is 24.5 Å². The third-order valence-corrected chi connectivity index (χ3v) is 5.13. The van der Waals surface area contributed by atoms with Crippen molar-refractivity contribution in [3.8, 4) is 5.88 Å². The third kappa shape index (κ3) is 7.00. The molecule has 0 aromatic carbocycles. The van der Waals surface area contributed by atoms with Gasteiger partial charge in [-0.05, 0) is 59.1 Å². The maximum absolute atomic E-state index is 13.1. The number of alkyl halides is 3. The van der Waals surface area contributed by atoms with Crippen molar-refractivity contribution in [2.45, 2.75) is 65.8 Å². The number of halogens is 3. The van der Waals surface area contributed by atoms with Gasteiger partial charge >= 0.3 is 12.3 Å². The van der Waals surface area contributed by atoms with E-state index >= 15 is 0 Å². The number of likely N-dealkylation sites (tertiary alicyclic amines) is 1. The highest BCUT2D eigenvalue weighted by Crippen LogP contribution is 2.35. The summed E-state index contributed by atoms with van der Waals surface area (Å²) in [7, 11) is 0. The lowest BCUT2D eigenvalue weighted by Gasteiger charge is -2.39. The summed E-state index contributed by atoms with van der Waals surface area (Å²) in [5, 5.41) is 2.96. The van der Waals surface area contributed by atoms with Gasteiger partial charge in [0, 0.05) is 25.3 Å². The second-order valence-corrected chi connectivity index (χ2v) is 9.80. The average Bonchev–Trinajstić information content (AvgIpc) is 2.66. The molecule has 1 N–H and O–H groups in total. The van der Waals surface area contributed by atoms with Crippen molar-refractivity contribution in [1.29, 1.82) is 0 Å². The molecular formula is C22H32F3N3O4. The van der Waals surface area contributed by atoms with Crippen molar-refractivity contribution in [2.24, 2.45) is 11.3 Å². The Bertz CT molecular complexity index is 821. The van der Waals surface area contributed by atoms with E-state index in [0.717, 1.165) is 6.07 Å². The molecule has 0 saturated carbocycles. The summed E-state index contributed by atoms with van der Waals surface area (Å²) in [6.07, 6.45) is -3.24. The number of hydrogen-bond acceptors (Lipinski definition) is 5. The highest BCUT2D eigenvalue weighted by Gasteiger charge is 2.38. The van der Waals surface area contributed by atoms with Crippen LogP contribution in [0.25, 0.3) is 0 Å². The normalized spacial score (nSPS) is 20.0. The number of aromatic nitrogens is 1. The van der Waals surface area contributed by atoms with Gasteiger partial charge < -0.3 is 19.7 Å². The molecule has 0 unspecified atom stereocenters. The van der Waals surface area contributed by atoms with Gasteiger partial charge in [0.2, 0.25) is 11.8 Å². The minimum absolute atomic E-state index is 0.0236. The first-order valence-electron chi connectivity index (χ1n) is 10.5. The lowest BCUT2D eigenvalue weighted by Crippen LogP contribution is -2.54. The summed E-state index contributed by atoms with van der Waals surface area (Å²) in [5.41, 5.74) is -2.67. The zero-order valence-corrected chi connectivity index (χ0v) is 19.4. The van der Waals surface area contributed by atoms with Crippen LogP contribution in [0.2, 0.25) is 0 Å². The van der Waals surface area contributed by atoms with Gasteiger partial charge in [0.25, 0.3) is 0 Å². The Hall–Kier alpha value is -2.52. The standard InChI is InChI=1S/C22H32F3N3O4/c1-14-12-28(19(30)32-20(2,3)4)11-9-16(14)27-18(29)21(5,6)13-31-17-15(22(23,24)25)8-7-10-26-17/h7-8,10,14,16H,9,11-13H2,1-6H3,(H,27,29)/t14-,16-/m1/s1. The highest BCUT2D eigenvalue weighted by atomic mass is 19.4. The number of piperidine rings is 1. The van der Waals surface area contributed by atoms with Crippen molar-refractivity contribution in [3.05, 3.63) is 23.9 Å². The minimum Gasteiger partial charge on any atom is -0.476 e.